The van der Waals surface area contributed by atoms with Gasteiger partial charge in [0.2, 0.25) is 17.6 Å². The van der Waals surface area contributed by atoms with E-state index in [0.717, 1.165) is 5.69 Å². The van der Waals surface area contributed by atoms with Gasteiger partial charge in [-0.05, 0) is 35.7 Å². The summed E-state index contributed by atoms with van der Waals surface area (Å²) < 4.78 is 19.2. The van der Waals surface area contributed by atoms with Crippen LogP contribution in [0, 0.1) is 5.82 Å². The maximum Gasteiger partial charge on any atom is 0.232 e. The van der Waals surface area contributed by atoms with Crippen molar-refractivity contribution in [3.63, 3.8) is 0 Å². The summed E-state index contributed by atoms with van der Waals surface area (Å²) in [5.41, 5.74) is 2.38. The molecule has 2 aromatic carbocycles. The lowest BCUT2D eigenvalue weighted by molar-refractivity contribution is -0.117. The van der Waals surface area contributed by atoms with Crippen LogP contribution in [0.3, 0.4) is 0 Å². The highest BCUT2D eigenvalue weighted by molar-refractivity contribution is 5.96. The van der Waals surface area contributed by atoms with Crippen LogP contribution >= 0.6 is 0 Å². The van der Waals surface area contributed by atoms with Gasteiger partial charge in [0, 0.05) is 18.7 Å². The van der Waals surface area contributed by atoms with E-state index < -0.39 is 5.82 Å². The zero-order valence-electron chi connectivity index (χ0n) is 15.2. The van der Waals surface area contributed by atoms with Crippen LogP contribution in [-0.4, -0.2) is 22.6 Å². The Morgan fingerprint density at radius 1 is 1.15 bits per heavy atom. The number of aromatic nitrogens is 2. The smallest absolute Gasteiger partial charge is 0.232 e. The molecule has 1 aliphatic heterocycles. The molecule has 0 N–H and O–H groups in total. The van der Waals surface area contributed by atoms with E-state index in [1.807, 2.05) is 24.3 Å². The molecule has 1 saturated heterocycles. The number of nitrogens with zero attached hydrogens (tertiary/aromatic N) is 3. The van der Waals surface area contributed by atoms with Gasteiger partial charge in [0.05, 0.1) is 11.5 Å². The van der Waals surface area contributed by atoms with Gasteiger partial charge in [-0.1, -0.05) is 43.3 Å². The van der Waals surface area contributed by atoms with Gasteiger partial charge in [0.1, 0.15) is 5.82 Å². The van der Waals surface area contributed by atoms with Gasteiger partial charge in [0.15, 0.2) is 0 Å². The average molecular weight is 365 g/mol. The number of hydrogen-bond acceptors (Lipinski definition) is 4. The van der Waals surface area contributed by atoms with E-state index in [4.69, 9.17) is 4.52 Å². The molecule has 1 amide bonds. The molecule has 1 unspecified atom stereocenters. The highest BCUT2D eigenvalue weighted by atomic mass is 19.1. The van der Waals surface area contributed by atoms with E-state index in [1.54, 1.807) is 23.1 Å². The van der Waals surface area contributed by atoms with Crippen molar-refractivity contribution in [3.05, 3.63) is 65.8 Å². The Balaban J connectivity index is 1.53. The van der Waals surface area contributed by atoms with E-state index >= 15 is 0 Å². The molecule has 0 aliphatic carbocycles. The predicted molar refractivity (Wildman–Crippen MR) is 99.9 cm³/mol. The van der Waals surface area contributed by atoms with Gasteiger partial charge in [-0.25, -0.2) is 4.39 Å². The minimum absolute atomic E-state index is 0.0166. The van der Waals surface area contributed by atoms with Crippen LogP contribution in [0.1, 0.15) is 43.6 Å². The second-order valence-electron chi connectivity index (χ2n) is 7.09. The summed E-state index contributed by atoms with van der Waals surface area (Å²) >= 11 is 0. The average Bonchev–Trinajstić information content (AvgIpc) is 3.29. The van der Waals surface area contributed by atoms with Crippen LogP contribution in [0.25, 0.3) is 11.4 Å². The molecule has 27 heavy (non-hydrogen) atoms. The SMILES string of the molecule is CC(C)c1ccc(N2CC(c3nc(-c4ccccc4F)no3)CC2=O)cc1. The summed E-state index contributed by atoms with van der Waals surface area (Å²) in [6.45, 7) is 4.74. The van der Waals surface area contributed by atoms with E-state index in [2.05, 4.69) is 24.0 Å². The first-order valence-corrected chi connectivity index (χ1v) is 9.01. The minimum Gasteiger partial charge on any atom is -0.339 e. The van der Waals surface area contributed by atoms with Gasteiger partial charge in [0.25, 0.3) is 0 Å². The van der Waals surface area contributed by atoms with Crippen molar-refractivity contribution in [3.8, 4) is 11.4 Å². The summed E-state index contributed by atoms with van der Waals surface area (Å²) in [5.74, 6) is 0.423. The molecular weight excluding hydrogens is 345 g/mol. The number of carbonyl (C=O) groups is 1. The maximum atomic E-state index is 13.9. The van der Waals surface area contributed by atoms with Crippen molar-refractivity contribution in [2.75, 3.05) is 11.4 Å². The first-order chi connectivity index (χ1) is 13.0. The molecule has 1 atom stereocenters. The van der Waals surface area contributed by atoms with Gasteiger partial charge in [-0.3, -0.25) is 4.79 Å². The predicted octanol–water partition coefficient (Wildman–Crippen LogP) is 4.52. The van der Waals surface area contributed by atoms with Crippen LogP contribution < -0.4 is 4.90 Å². The van der Waals surface area contributed by atoms with Crippen molar-refractivity contribution in [1.29, 1.82) is 0 Å². The van der Waals surface area contributed by atoms with E-state index in [0.29, 0.717) is 24.8 Å². The van der Waals surface area contributed by atoms with Gasteiger partial charge >= 0.3 is 0 Å². The Morgan fingerprint density at radius 2 is 1.89 bits per heavy atom. The summed E-state index contributed by atoms with van der Waals surface area (Å²) in [4.78, 5) is 18.5. The van der Waals surface area contributed by atoms with Crippen LogP contribution in [0.2, 0.25) is 0 Å². The Kier molecular flexibility index (Phi) is 4.48. The molecule has 0 spiro atoms. The van der Waals surface area contributed by atoms with Crippen molar-refractivity contribution < 1.29 is 13.7 Å². The lowest BCUT2D eigenvalue weighted by Crippen LogP contribution is -2.24. The normalized spacial score (nSPS) is 17.1. The summed E-state index contributed by atoms with van der Waals surface area (Å²) in [5, 5.41) is 3.89. The van der Waals surface area contributed by atoms with Crippen LogP contribution in [-0.2, 0) is 4.79 Å². The number of hydrogen-bond donors (Lipinski definition) is 0. The third kappa shape index (κ3) is 3.35. The van der Waals surface area contributed by atoms with Gasteiger partial charge < -0.3 is 9.42 Å². The van der Waals surface area contributed by atoms with Crippen molar-refractivity contribution in [2.45, 2.75) is 32.1 Å². The molecule has 1 aromatic heterocycles. The number of carbonyl (C=O) groups excluding carboxylic acids is 1. The largest absolute Gasteiger partial charge is 0.339 e. The van der Waals surface area contributed by atoms with Gasteiger partial charge in [-0.15, -0.1) is 0 Å². The Labute approximate surface area is 156 Å². The summed E-state index contributed by atoms with van der Waals surface area (Å²) in [6.07, 6.45) is 0.296. The third-order valence-electron chi connectivity index (χ3n) is 4.90. The topological polar surface area (TPSA) is 59.2 Å². The molecule has 0 radical (unpaired) electrons. The maximum absolute atomic E-state index is 13.9. The summed E-state index contributed by atoms with van der Waals surface area (Å²) in [6, 6.07) is 14.3. The molecule has 0 saturated carbocycles. The molecular formula is C21H20FN3O2. The first kappa shape index (κ1) is 17.4. The Hall–Kier alpha value is -3.02. The van der Waals surface area contributed by atoms with Crippen molar-refractivity contribution >= 4 is 11.6 Å². The van der Waals surface area contributed by atoms with Crippen LogP contribution in [0.5, 0.6) is 0 Å². The zero-order valence-corrected chi connectivity index (χ0v) is 15.2. The Bertz CT molecular complexity index is 966. The second kappa shape index (κ2) is 6.95. The molecule has 1 fully saturated rings. The van der Waals surface area contributed by atoms with Crippen LogP contribution in [0.4, 0.5) is 10.1 Å². The fraction of sp³-hybridized carbons (Fsp3) is 0.286. The number of benzene rings is 2. The molecule has 4 rings (SSSR count). The molecule has 6 heteroatoms. The molecule has 2 heterocycles. The van der Waals surface area contributed by atoms with Crippen LogP contribution in [0.15, 0.2) is 53.1 Å². The monoisotopic (exact) mass is 365 g/mol. The quantitative estimate of drug-likeness (QED) is 0.682. The number of amides is 1. The number of rotatable bonds is 4. The molecule has 1 aliphatic rings. The van der Waals surface area contributed by atoms with E-state index in [1.165, 1.54) is 11.6 Å². The van der Waals surface area contributed by atoms with Crippen molar-refractivity contribution in [1.82, 2.24) is 10.1 Å². The fourth-order valence-electron chi connectivity index (χ4n) is 3.31. The minimum atomic E-state index is -0.404. The molecule has 3 aromatic rings. The number of anilines is 1. The second-order valence-corrected chi connectivity index (χ2v) is 7.09. The zero-order chi connectivity index (χ0) is 19.0. The van der Waals surface area contributed by atoms with Crippen molar-refractivity contribution in [2.24, 2.45) is 0 Å². The molecule has 0 bridgehead atoms. The fourth-order valence-corrected chi connectivity index (χ4v) is 3.31. The first-order valence-electron chi connectivity index (χ1n) is 9.01. The summed E-state index contributed by atoms with van der Waals surface area (Å²) in [7, 11) is 0. The molecule has 138 valence electrons. The highest BCUT2D eigenvalue weighted by Gasteiger charge is 2.35. The lowest BCUT2D eigenvalue weighted by Gasteiger charge is -2.17. The van der Waals surface area contributed by atoms with E-state index in [-0.39, 0.29) is 23.2 Å². The standard InChI is InChI=1S/C21H20FN3O2/c1-13(2)14-7-9-16(10-8-14)25-12-15(11-19(25)26)21-23-20(24-27-21)17-5-3-4-6-18(17)22/h3-10,13,15H,11-12H2,1-2H3. The number of halogens is 1. The van der Waals surface area contributed by atoms with Gasteiger partial charge in [-0.2, -0.15) is 4.98 Å². The van der Waals surface area contributed by atoms with E-state index in [9.17, 15) is 9.18 Å². The molecule has 5 nitrogen and oxygen atoms in total. The lowest BCUT2D eigenvalue weighted by atomic mass is 10.0. The highest BCUT2D eigenvalue weighted by Crippen LogP contribution is 2.32. The third-order valence-corrected chi connectivity index (χ3v) is 4.90. The Morgan fingerprint density at radius 3 is 2.59 bits per heavy atom.